The molecule has 2 aromatic rings. The number of hydrogen-bond acceptors (Lipinski definition) is 11. The molecule has 71 heavy (non-hydrogen) atoms. The van der Waals surface area contributed by atoms with Gasteiger partial charge in [-0.3, -0.25) is 33.8 Å². The van der Waals surface area contributed by atoms with Crippen LogP contribution in [0.1, 0.15) is 113 Å². The van der Waals surface area contributed by atoms with Crippen LogP contribution in [-0.2, 0) is 56.4 Å². The Bertz CT molecular complexity index is 2500. The number of benzene rings is 2. The molecule has 6 atom stereocenters. The molecular formula is C50H71N9O11S. The van der Waals surface area contributed by atoms with E-state index in [-0.39, 0.29) is 56.6 Å². The Kier molecular flexibility index (Phi) is 18.8. The quantitative estimate of drug-likeness (QED) is 0.0388. The number of carbonyl (C=O) groups is 7. The number of likely N-dealkylation sites (tertiary alicyclic amines) is 2. The van der Waals surface area contributed by atoms with Crippen molar-refractivity contribution in [2.24, 2.45) is 10.7 Å². The van der Waals surface area contributed by atoms with Crippen LogP contribution >= 0.6 is 0 Å². The summed E-state index contributed by atoms with van der Waals surface area (Å²) >= 11 is 0. The second-order valence-corrected chi connectivity index (χ2v) is 20.9. The van der Waals surface area contributed by atoms with Gasteiger partial charge in [0, 0.05) is 45.0 Å². The van der Waals surface area contributed by atoms with Crippen LogP contribution in [0.15, 0.2) is 52.9 Å². The van der Waals surface area contributed by atoms with E-state index in [9.17, 15) is 47.1 Å². The van der Waals surface area contributed by atoms with E-state index in [1.807, 2.05) is 32.0 Å². The molecule has 3 aliphatic heterocycles. The molecule has 3 aliphatic rings. The number of amides is 6. The molecule has 8 N–H and O–H groups in total. The number of allylic oxidation sites excluding steroid dienone is 1. The molecule has 0 aromatic heterocycles. The van der Waals surface area contributed by atoms with Gasteiger partial charge in [-0.2, -0.15) is 0 Å². The van der Waals surface area contributed by atoms with Crippen molar-refractivity contribution in [2.45, 2.75) is 166 Å². The van der Waals surface area contributed by atoms with Gasteiger partial charge in [-0.15, -0.1) is 6.58 Å². The molecule has 0 radical (unpaired) electrons. The van der Waals surface area contributed by atoms with Crippen LogP contribution in [-0.4, -0.2) is 132 Å². The molecule has 2 aromatic carbocycles. The van der Waals surface area contributed by atoms with Gasteiger partial charge in [-0.1, -0.05) is 36.4 Å². The number of carbonyl (C=O) groups excluding carboxylic acids is 6. The smallest absolute Gasteiger partial charge is 0.326 e. The number of sulfonamides is 1. The van der Waals surface area contributed by atoms with E-state index < -0.39 is 99.2 Å². The number of aliphatic imine (C=N–C) groups is 1. The van der Waals surface area contributed by atoms with Gasteiger partial charge in [-0.25, -0.2) is 17.9 Å². The number of guanidine groups is 1. The molecule has 21 heteroatoms. The summed E-state index contributed by atoms with van der Waals surface area (Å²) in [5, 5.41) is 20.7. The van der Waals surface area contributed by atoms with E-state index >= 15 is 0 Å². The van der Waals surface area contributed by atoms with Crippen molar-refractivity contribution in [3.63, 3.8) is 0 Å². The molecule has 0 unspecified atom stereocenters. The van der Waals surface area contributed by atoms with Crippen LogP contribution in [0.3, 0.4) is 0 Å². The number of nitrogens with two attached hydrogens (primary N) is 1. The van der Waals surface area contributed by atoms with Crippen LogP contribution in [0.5, 0.6) is 5.75 Å². The number of fused-ring (bicyclic) bond motifs is 1. The zero-order valence-electron chi connectivity index (χ0n) is 41.9. The van der Waals surface area contributed by atoms with Crippen molar-refractivity contribution in [1.29, 1.82) is 0 Å². The van der Waals surface area contributed by atoms with Gasteiger partial charge in [0.15, 0.2) is 0 Å². The van der Waals surface area contributed by atoms with Gasteiger partial charge < -0.3 is 46.6 Å². The van der Waals surface area contributed by atoms with Gasteiger partial charge in [0.05, 0.1) is 4.90 Å². The maximum Gasteiger partial charge on any atom is 0.326 e. The maximum absolute atomic E-state index is 14.4. The minimum atomic E-state index is -4.20. The van der Waals surface area contributed by atoms with E-state index in [4.69, 9.17) is 10.5 Å². The van der Waals surface area contributed by atoms with E-state index in [0.29, 0.717) is 61.0 Å². The normalized spacial score (nSPS) is 19.1. The summed E-state index contributed by atoms with van der Waals surface area (Å²) < 4.78 is 36.0. The zero-order chi connectivity index (χ0) is 52.4. The molecule has 20 nitrogen and oxygen atoms in total. The lowest BCUT2D eigenvalue weighted by molar-refractivity contribution is -0.149. The number of aliphatic carboxylic acids is 1. The summed E-state index contributed by atoms with van der Waals surface area (Å²) in [5.41, 5.74) is 8.92. The minimum absolute atomic E-state index is 0.0495. The Labute approximate surface area is 416 Å². The number of rotatable bonds is 22. The number of carboxylic acid groups (broad SMARTS) is 1. The Balaban J connectivity index is 1.26. The number of hydrogen-bond donors (Lipinski definition) is 7. The van der Waals surface area contributed by atoms with Crippen molar-refractivity contribution in [1.82, 2.24) is 35.8 Å². The van der Waals surface area contributed by atoms with Gasteiger partial charge in [0.25, 0.3) is 10.0 Å². The molecule has 6 amide bonds. The van der Waals surface area contributed by atoms with Crippen molar-refractivity contribution >= 4 is 57.4 Å². The number of ether oxygens (including phenoxy) is 1. The first-order chi connectivity index (χ1) is 33.5. The first-order valence-electron chi connectivity index (χ1n) is 24.3. The van der Waals surface area contributed by atoms with Crippen LogP contribution in [0.2, 0.25) is 0 Å². The summed E-state index contributed by atoms with van der Waals surface area (Å²) in [6.07, 6.45) is 5.25. The van der Waals surface area contributed by atoms with Crippen LogP contribution in [0.25, 0.3) is 0 Å². The number of unbranched alkanes of at least 4 members (excludes halogenated alkanes) is 1. The molecule has 5 rings (SSSR count). The highest BCUT2D eigenvalue weighted by atomic mass is 32.2. The second kappa shape index (κ2) is 24.1. The van der Waals surface area contributed by atoms with Crippen molar-refractivity contribution in [3.8, 4) is 5.75 Å². The summed E-state index contributed by atoms with van der Waals surface area (Å²) in [6.45, 7) is 15.8. The van der Waals surface area contributed by atoms with Gasteiger partial charge >= 0.3 is 5.97 Å². The fraction of sp³-hybridized carbons (Fsp3) is 0.560. The maximum atomic E-state index is 14.4. The Morgan fingerprint density at radius 2 is 1.46 bits per heavy atom. The zero-order valence-corrected chi connectivity index (χ0v) is 42.7. The molecule has 2 fully saturated rings. The fourth-order valence-electron chi connectivity index (χ4n) is 9.59. The molecule has 2 saturated heterocycles. The monoisotopic (exact) mass is 1010 g/mol. The number of carboxylic acids is 1. The predicted octanol–water partition coefficient (Wildman–Crippen LogP) is 2.34. The lowest BCUT2D eigenvalue weighted by Crippen LogP contribution is -2.59. The van der Waals surface area contributed by atoms with E-state index in [1.165, 1.54) is 23.6 Å². The number of nitrogens with one attached hydrogen (secondary N) is 5. The third-order valence-electron chi connectivity index (χ3n) is 13.3. The topological polar surface area (TPSA) is 288 Å². The summed E-state index contributed by atoms with van der Waals surface area (Å²) in [4.78, 5) is 101. The first kappa shape index (κ1) is 55.4. The number of nitrogens with zero attached hydrogens (tertiary/aromatic N) is 3. The lowest BCUT2D eigenvalue weighted by atomic mass is 9.94. The summed E-state index contributed by atoms with van der Waals surface area (Å²) in [7, 11) is -4.20. The molecule has 3 heterocycles. The third-order valence-corrected chi connectivity index (χ3v) is 14.9. The highest BCUT2D eigenvalue weighted by molar-refractivity contribution is 7.90. The highest BCUT2D eigenvalue weighted by Crippen LogP contribution is 2.43. The Morgan fingerprint density at radius 1 is 0.859 bits per heavy atom. The molecule has 0 aliphatic carbocycles. The SMILES string of the molecule is C=CCCC[C@H](NC(C)=O)C(=O)N[C@@H](Cc1ccccc1)C(=O)N1CCC[C@H]1C(=O)N[C@@H](C)C(=O)N[C@@H](CCCN=C(N)NS(=O)(=O)c1c(C)c(C)c2c(c1C)CC(C)(C)O2)C(=O)N1CCC[C@H]1C(=O)O. The minimum Gasteiger partial charge on any atom is -0.487 e. The standard InChI is InChI=1S/C50H71N9O11S/c1-9-10-12-20-36(54-33(6)60)44(62)56-38(27-34-18-13-11-14-19-34)47(65)58-25-16-22-39(58)45(63)53-32(5)43(61)55-37(46(64)59-26-17-23-40(59)48(66)67)21-15-24-52-49(51)57-71(68,69)42-30(3)29(2)41-35(31(42)4)28-50(7,8)70-41/h9,11,13-14,18-19,32,36-40H,1,10,12,15-17,20-28H2,2-8H3,(H,53,63)(H,54,60)(H,55,61)(H,56,62)(H,66,67)(H3,51,52,57)/t32-,36-,37-,38-,39-,40-/m0/s1. The fourth-order valence-corrected chi connectivity index (χ4v) is 11.1. The van der Waals surface area contributed by atoms with Gasteiger partial charge in [0.2, 0.25) is 41.4 Å². The van der Waals surface area contributed by atoms with Crippen molar-refractivity contribution < 1.29 is 51.8 Å². The lowest BCUT2D eigenvalue weighted by Gasteiger charge is -2.31. The third kappa shape index (κ3) is 14.1. The largest absolute Gasteiger partial charge is 0.487 e. The summed E-state index contributed by atoms with van der Waals surface area (Å²) in [5.74, 6) is -4.44. The molecule has 0 bridgehead atoms. The van der Waals surface area contributed by atoms with E-state index in [0.717, 1.165) is 11.1 Å². The van der Waals surface area contributed by atoms with Crippen molar-refractivity contribution in [3.05, 3.63) is 70.8 Å². The van der Waals surface area contributed by atoms with E-state index in [2.05, 4.69) is 37.6 Å². The summed E-state index contributed by atoms with van der Waals surface area (Å²) in [6, 6.07) is 2.41. The molecule has 0 saturated carbocycles. The predicted molar refractivity (Wildman–Crippen MR) is 265 cm³/mol. The average molecular weight is 1010 g/mol. The van der Waals surface area contributed by atoms with Crippen LogP contribution in [0, 0.1) is 20.8 Å². The Hall–Kier alpha value is -6.51. The van der Waals surface area contributed by atoms with E-state index in [1.54, 1.807) is 39.0 Å². The van der Waals surface area contributed by atoms with Crippen LogP contribution < -0.4 is 36.5 Å². The van der Waals surface area contributed by atoms with Crippen LogP contribution in [0.4, 0.5) is 0 Å². The second-order valence-electron chi connectivity index (χ2n) is 19.3. The first-order valence-corrected chi connectivity index (χ1v) is 25.8. The van der Waals surface area contributed by atoms with Gasteiger partial charge in [-0.05, 0) is 122 Å². The molecule has 0 spiro atoms. The average Bonchev–Trinajstić information content (AvgIpc) is 4.08. The molecule has 388 valence electrons. The Morgan fingerprint density at radius 3 is 2.10 bits per heavy atom. The highest BCUT2D eigenvalue weighted by Gasteiger charge is 2.41. The molecular weight excluding hydrogens is 935 g/mol. The van der Waals surface area contributed by atoms with Gasteiger partial charge in [0.1, 0.15) is 47.6 Å². The van der Waals surface area contributed by atoms with Crippen molar-refractivity contribution in [2.75, 3.05) is 19.6 Å².